The Balaban J connectivity index is 4.53. The second kappa shape index (κ2) is 6.05. The molecule has 96 valence electrons. The Hall–Kier alpha value is -0.820. The molecule has 0 saturated heterocycles. The monoisotopic (exact) mass is 243 g/mol. The van der Waals surface area contributed by atoms with Gasteiger partial charge >= 0.3 is 0 Å². The third-order valence-electron chi connectivity index (χ3n) is 2.10. The highest BCUT2D eigenvalue weighted by Gasteiger charge is 2.40. The topological polar surface area (TPSA) is 38.8 Å². The number of ether oxygens (including phenoxy) is 1. The van der Waals surface area contributed by atoms with Crippen LogP contribution in [0.25, 0.3) is 0 Å². The molecule has 0 aromatic rings. The Bertz CT molecular complexity index is 240. The summed E-state index contributed by atoms with van der Waals surface area (Å²) in [5.74, 6) is -0.664. The van der Waals surface area contributed by atoms with Gasteiger partial charge in [0, 0.05) is 7.05 Å². The lowest BCUT2D eigenvalue weighted by molar-refractivity contribution is -0.203. The number of nitrogens with zero attached hydrogens (tertiary/aromatic N) is 1. The number of likely N-dealkylation sites (N-methyl/N-ethyl adjacent to an activating group) is 1. The second-order valence-electron chi connectivity index (χ2n) is 3.53. The summed E-state index contributed by atoms with van der Waals surface area (Å²) >= 11 is 0. The van der Waals surface area contributed by atoms with E-state index in [1.807, 2.05) is 0 Å². The minimum absolute atomic E-state index is 0.664. The summed E-state index contributed by atoms with van der Waals surface area (Å²) in [4.78, 5) is 16.0. The molecule has 0 bridgehead atoms. The van der Waals surface area contributed by atoms with Crippen LogP contribution in [0.2, 0.25) is 0 Å². The predicted octanol–water partition coefficient (Wildman–Crippen LogP) is 1.40. The van der Waals surface area contributed by atoms with Gasteiger partial charge in [-0.3, -0.25) is 9.63 Å². The van der Waals surface area contributed by atoms with E-state index in [4.69, 9.17) is 4.74 Å². The van der Waals surface area contributed by atoms with Gasteiger partial charge in [0.1, 0.15) is 12.8 Å². The van der Waals surface area contributed by atoms with Gasteiger partial charge in [0.2, 0.25) is 0 Å². The Morgan fingerprint density at radius 1 is 1.50 bits per heavy atom. The smallest absolute Gasteiger partial charge is 0.274 e. The van der Waals surface area contributed by atoms with Crippen LogP contribution in [0.4, 0.5) is 13.2 Å². The average molecular weight is 243 g/mol. The summed E-state index contributed by atoms with van der Waals surface area (Å²) in [6.45, 7) is 0.793. The number of hydrogen-bond acceptors (Lipinski definition) is 3. The number of rotatable bonds is 6. The Kier molecular flexibility index (Phi) is 5.74. The largest absolute Gasteiger partial charge is 0.354 e. The van der Waals surface area contributed by atoms with Crippen molar-refractivity contribution in [2.24, 2.45) is 0 Å². The molecule has 2 unspecified atom stereocenters. The van der Waals surface area contributed by atoms with Crippen molar-refractivity contribution < 1.29 is 27.5 Å². The number of halogens is 3. The lowest BCUT2D eigenvalue weighted by Gasteiger charge is -2.30. The molecule has 0 aromatic carbocycles. The zero-order valence-electron chi connectivity index (χ0n) is 9.67. The van der Waals surface area contributed by atoms with Crippen LogP contribution in [0.3, 0.4) is 0 Å². The van der Waals surface area contributed by atoms with Gasteiger partial charge in [-0.15, -0.1) is 0 Å². The molecular weight excluding hydrogens is 227 g/mol. The quantitative estimate of drug-likeness (QED) is 0.662. The molecule has 0 saturated carbocycles. The molecular formula is C9H16F3NO3. The van der Waals surface area contributed by atoms with Gasteiger partial charge in [0.25, 0.3) is 12.3 Å². The van der Waals surface area contributed by atoms with Crippen molar-refractivity contribution in [3.63, 3.8) is 0 Å². The molecule has 0 aliphatic heterocycles. The standard InChI is InChI=1S/C9H16F3NO3/c1-6(7(14)13(3)15-4)16-9(2,5-10)8(11)12/h6,8H,5H2,1-4H3. The van der Waals surface area contributed by atoms with Crippen LogP contribution in [0.5, 0.6) is 0 Å². The Labute approximate surface area is 92.3 Å². The van der Waals surface area contributed by atoms with Crippen molar-refractivity contribution in [3.8, 4) is 0 Å². The van der Waals surface area contributed by atoms with Gasteiger partial charge in [0.05, 0.1) is 7.11 Å². The molecule has 2 atom stereocenters. The van der Waals surface area contributed by atoms with E-state index in [0.29, 0.717) is 0 Å². The lowest BCUT2D eigenvalue weighted by Crippen LogP contribution is -2.46. The maximum absolute atomic E-state index is 12.5. The number of hydrogen-bond donors (Lipinski definition) is 0. The minimum atomic E-state index is -3.01. The molecule has 7 heteroatoms. The van der Waals surface area contributed by atoms with Crippen LogP contribution in [0.1, 0.15) is 13.8 Å². The molecule has 0 aromatic heterocycles. The zero-order chi connectivity index (χ0) is 12.9. The van der Waals surface area contributed by atoms with E-state index in [1.54, 1.807) is 0 Å². The van der Waals surface area contributed by atoms with Gasteiger partial charge in [-0.25, -0.2) is 18.2 Å². The number of alkyl halides is 3. The summed E-state index contributed by atoms with van der Waals surface area (Å²) in [5, 5.41) is 0.828. The van der Waals surface area contributed by atoms with Crippen LogP contribution in [0, 0.1) is 0 Å². The second-order valence-corrected chi connectivity index (χ2v) is 3.53. The van der Waals surface area contributed by atoms with Crippen molar-refractivity contribution in [1.29, 1.82) is 0 Å². The van der Waals surface area contributed by atoms with E-state index < -0.39 is 30.7 Å². The van der Waals surface area contributed by atoms with E-state index in [0.717, 1.165) is 12.0 Å². The fraction of sp³-hybridized carbons (Fsp3) is 0.889. The summed E-state index contributed by atoms with van der Waals surface area (Å²) in [5.41, 5.74) is -2.27. The molecule has 0 rings (SSSR count). The molecule has 1 amide bonds. The van der Waals surface area contributed by atoms with Gasteiger partial charge in [-0.2, -0.15) is 0 Å². The van der Waals surface area contributed by atoms with Crippen LogP contribution in [-0.4, -0.2) is 49.9 Å². The van der Waals surface area contributed by atoms with Crippen molar-refractivity contribution in [3.05, 3.63) is 0 Å². The summed E-state index contributed by atoms with van der Waals surface area (Å²) < 4.78 is 42.1. The van der Waals surface area contributed by atoms with Crippen LogP contribution < -0.4 is 0 Å². The third kappa shape index (κ3) is 3.64. The Morgan fingerprint density at radius 3 is 2.31 bits per heavy atom. The van der Waals surface area contributed by atoms with E-state index in [9.17, 15) is 18.0 Å². The fourth-order valence-electron chi connectivity index (χ4n) is 0.941. The van der Waals surface area contributed by atoms with Crippen molar-refractivity contribution in [2.45, 2.75) is 32.0 Å². The van der Waals surface area contributed by atoms with Crippen molar-refractivity contribution in [1.82, 2.24) is 5.06 Å². The first-order chi connectivity index (χ1) is 7.28. The van der Waals surface area contributed by atoms with E-state index in [-0.39, 0.29) is 0 Å². The molecule has 0 fully saturated rings. The number of carbonyl (C=O) groups is 1. The number of hydroxylamine groups is 2. The number of amides is 1. The average Bonchev–Trinajstić information content (AvgIpc) is 2.26. The lowest BCUT2D eigenvalue weighted by atomic mass is 10.1. The molecule has 0 N–H and O–H groups in total. The summed E-state index contributed by atoms with van der Waals surface area (Å²) in [6, 6.07) is 0. The molecule has 16 heavy (non-hydrogen) atoms. The van der Waals surface area contributed by atoms with E-state index >= 15 is 0 Å². The molecule has 0 radical (unpaired) electrons. The summed E-state index contributed by atoms with van der Waals surface area (Å²) in [6.07, 6.45) is -4.22. The third-order valence-corrected chi connectivity index (χ3v) is 2.10. The molecule has 0 aliphatic rings. The van der Waals surface area contributed by atoms with Gasteiger partial charge in [-0.05, 0) is 13.8 Å². The molecule has 0 aliphatic carbocycles. The van der Waals surface area contributed by atoms with Gasteiger partial charge in [0.15, 0.2) is 5.60 Å². The number of carbonyl (C=O) groups excluding carboxylic acids is 1. The van der Waals surface area contributed by atoms with E-state index in [2.05, 4.69) is 4.84 Å². The highest BCUT2D eigenvalue weighted by atomic mass is 19.3. The maximum atomic E-state index is 12.5. The Morgan fingerprint density at radius 2 is 2.00 bits per heavy atom. The van der Waals surface area contributed by atoms with Crippen LogP contribution >= 0.6 is 0 Å². The highest BCUT2D eigenvalue weighted by molar-refractivity contribution is 5.79. The maximum Gasteiger partial charge on any atom is 0.274 e. The minimum Gasteiger partial charge on any atom is -0.354 e. The van der Waals surface area contributed by atoms with Gasteiger partial charge < -0.3 is 4.74 Å². The highest BCUT2D eigenvalue weighted by Crippen LogP contribution is 2.23. The summed E-state index contributed by atoms with van der Waals surface area (Å²) in [7, 11) is 2.55. The fourth-order valence-corrected chi connectivity index (χ4v) is 0.941. The first-order valence-electron chi connectivity index (χ1n) is 4.62. The normalized spacial score (nSPS) is 17.0. The molecule has 0 heterocycles. The SMILES string of the molecule is CON(C)C(=O)C(C)OC(C)(CF)C(F)F. The predicted molar refractivity (Wildman–Crippen MR) is 50.7 cm³/mol. The first-order valence-corrected chi connectivity index (χ1v) is 4.62. The van der Waals surface area contributed by atoms with Crippen LogP contribution in [0.15, 0.2) is 0 Å². The van der Waals surface area contributed by atoms with E-state index in [1.165, 1.54) is 21.1 Å². The zero-order valence-corrected chi connectivity index (χ0v) is 9.67. The van der Waals surface area contributed by atoms with Crippen molar-refractivity contribution >= 4 is 5.91 Å². The molecule has 0 spiro atoms. The van der Waals surface area contributed by atoms with Crippen LogP contribution in [-0.2, 0) is 14.4 Å². The van der Waals surface area contributed by atoms with Gasteiger partial charge in [-0.1, -0.05) is 0 Å². The van der Waals surface area contributed by atoms with Crippen molar-refractivity contribution in [2.75, 3.05) is 20.8 Å². The first kappa shape index (κ1) is 15.2. The molecule has 4 nitrogen and oxygen atoms in total.